The van der Waals surface area contributed by atoms with Crippen LogP contribution in [0.3, 0.4) is 0 Å². The smallest absolute Gasteiger partial charge is 0.227 e. The van der Waals surface area contributed by atoms with Gasteiger partial charge in [0.25, 0.3) is 0 Å². The maximum atomic E-state index is 12.9. The largest absolute Gasteiger partial charge is 0.493 e. The zero-order chi connectivity index (χ0) is 22.8. The third-order valence-electron chi connectivity index (χ3n) is 5.68. The molecule has 2 atom stereocenters. The molecule has 1 aromatic heterocycles. The van der Waals surface area contributed by atoms with Crippen LogP contribution in [0.15, 0.2) is 45.7 Å². The van der Waals surface area contributed by atoms with Gasteiger partial charge < -0.3 is 23.5 Å². The van der Waals surface area contributed by atoms with E-state index in [4.69, 9.17) is 18.6 Å². The number of carbonyl (C=O) groups is 1. The van der Waals surface area contributed by atoms with Crippen molar-refractivity contribution in [3.63, 3.8) is 0 Å². The van der Waals surface area contributed by atoms with E-state index >= 15 is 0 Å². The minimum atomic E-state index is 0.0613. The SMILES string of the molecule is COc1ccc(-c2oc3ccc(CC(=O)N4C[C@@H](C)O[C@@H](C)C4)cc3c2SC)cc1OC. The summed E-state index contributed by atoms with van der Waals surface area (Å²) in [6.07, 6.45) is 2.51. The number of fused-ring (bicyclic) bond motifs is 1. The van der Waals surface area contributed by atoms with Crippen LogP contribution in [-0.2, 0) is 16.0 Å². The van der Waals surface area contributed by atoms with Crippen molar-refractivity contribution in [2.45, 2.75) is 37.4 Å². The van der Waals surface area contributed by atoms with E-state index in [9.17, 15) is 4.79 Å². The first-order chi connectivity index (χ1) is 15.4. The Morgan fingerprint density at radius 3 is 2.44 bits per heavy atom. The normalized spacial score (nSPS) is 18.7. The van der Waals surface area contributed by atoms with Crippen LogP contribution < -0.4 is 9.47 Å². The van der Waals surface area contributed by atoms with Gasteiger partial charge in [-0.2, -0.15) is 0 Å². The number of hydrogen-bond acceptors (Lipinski definition) is 6. The van der Waals surface area contributed by atoms with Crippen LogP contribution >= 0.6 is 11.8 Å². The van der Waals surface area contributed by atoms with Crippen molar-refractivity contribution in [2.24, 2.45) is 0 Å². The highest BCUT2D eigenvalue weighted by Gasteiger charge is 2.26. The van der Waals surface area contributed by atoms with Crippen LogP contribution in [0.2, 0.25) is 0 Å². The lowest BCUT2D eigenvalue weighted by molar-refractivity contribution is -0.142. The first kappa shape index (κ1) is 22.6. The summed E-state index contributed by atoms with van der Waals surface area (Å²) in [7, 11) is 3.24. The molecular formula is C25H29NO5S. The number of nitrogens with zero attached hydrogens (tertiary/aromatic N) is 1. The molecule has 7 heteroatoms. The van der Waals surface area contributed by atoms with E-state index in [0.717, 1.165) is 32.8 Å². The number of methoxy groups -OCH3 is 2. The average molecular weight is 456 g/mol. The topological polar surface area (TPSA) is 61.1 Å². The number of morpholine rings is 1. The maximum Gasteiger partial charge on any atom is 0.227 e. The minimum Gasteiger partial charge on any atom is -0.493 e. The molecule has 1 saturated heterocycles. The molecule has 0 bridgehead atoms. The first-order valence-electron chi connectivity index (χ1n) is 10.7. The minimum absolute atomic E-state index is 0.0613. The van der Waals surface area contributed by atoms with E-state index < -0.39 is 0 Å². The molecule has 0 radical (unpaired) electrons. The monoisotopic (exact) mass is 455 g/mol. The molecule has 0 aliphatic carbocycles. The fourth-order valence-electron chi connectivity index (χ4n) is 4.27. The van der Waals surface area contributed by atoms with Crippen molar-refractivity contribution in [1.29, 1.82) is 0 Å². The van der Waals surface area contributed by atoms with Gasteiger partial charge in [-0.15, -0.1) is 11.8 Å². The third kappa shape index (κ3) is 4.45. The maximum absolute atomic E-state index is 12.9. The number of furan rings is 1. The summed E-state index contributed by atoms with van der Waals surface area (Å²) in [6.45, 7) is 5.29. The van der Waals surface area contributed by atoms with Crippen LogP contribution in [-0.4, -0.2) is 56.6 Å². The molecule has 0 N–H and O–H groups in total. The standard InChI is InChI=1S/C25H29NO5S/c1-15-13-26(14-16(2)30-15)23(27)11-17-6-8-20-19(10-17)25(32-5)24(31-20)18-7-9-21(28-3)22(12-18)29-4/h6-10,12,15-16H,11,13-14H2,1-5H3/t15-,16+. The summed E-state index contributed by atoms with van der Waals surface area (Å²) in [5, 5.41) is 1.01. The summed E-state index contributed by atoms with van der Waals surface area (Å²) >= 11 is 1.63. The van der Waals surface area contributed by atoms with Gasteiger partial charge in [0, 0.05) is 24.0 Å². The Balaban J connectivity index is 1.64. The summed E-state index contributed by atoms with van der Waals surface area (Å²) in [6, 6.07) is 11.7. The van der Waals surface area contributed by atoms with E-state index in [1.165, 1.54) is 0 Å². The molecule has 32 heavy (non-hydrogen) atoms. The van der Waals surface area contributed by atoms with Gasteiger partial charge >= 0.3 is 0 Å². The Morgan fingerprint density at radius 1 is 1.06 bits per heavy atom. The molecule has 2 heterocycles. The second-order valence-corrected chi connectivity index (χ2v) is 8.91. The van der Waals surface area contributed by atoms with Gasteiger partial charge in [-0.05, 0) is 56.0 Å². The molecule has 0 saturated carbocycles. The van der Waals surface area contributed by atoms with Crippen molar-refractivity contribution in [2.75, 3.05) is 33.6 Å². The number of rotatable bonds is 6. The van der Waals surface area contributed by atoms with Gasteiger partial charge in [-0.1, -0.05) is 6.07 Å². The lowest BCUT2D eigenvalue weighted by Crippen LogP contribution is -2.48. The molecule has 3 aromatic rings. The molecule has 170 valence electrons. The Bertz CT molecular complexity index is 1110. The van der Waals surface area contributed by atoms with Gasteiger partial charge in [-0.25, -0.2) is 0 Å². The Labute approximate surface area is 192 Å². The van der Waals surface area contributed by atoms with Crippen molar-refractivity contribution in [3.8, 4) is 22.8 Å². The van der Waals surface area contributed by atoms with Crippen molar-refractivity contribution >= 4 is 28.6 Å². The molecular weight excluding hydrogens is 426 g/mol. The van der Waals surface area contributed by atoms with E-state index in [2.05, 4.69) is 6.07 Å². The molecule has 6 nitrogen and oxygen atoms in total. The summed E-state index contributed by atoms with van der Waals surface area (Å²) in [5.41, 5.74) is 2.69. The molecule has 1 amide bonds. The van der Waals surface area contributed by atoms with Crippen LogP contribution in [0.1, 0.15) is 19.4 Å². The highest BCUT2D eigenvalue weighted by atomic mass is 32.2. The van der Waals surface area contributed by atoms with E-state index in [0.29, 0.717) is 31.0 Å². The van der Waals surface area contributed by atoms with Gasteiger partial charge in [0.15, 0.2) is 11.5 Å². The Hall–Kier alpha value is -2.64. The van der Waals surface area contributed by atoms with Gasteiger partial charge in [0.2, 0.25) is 5.91 Å². The molecule has 0 unspecified atom stereocenters. The number of amides is 1. The van der Waals surface area contributed by atoms with Crippen molar-refractivity contribution in [3.05, 3.63) is 42.0 Å². The summed E-state index contributed by atoms with van der Waals surface area (Å²) in [4.78, 5) is 15.9. The number of hydrogen-bond donors (Lipinski definition) is 0. The quantitative estimate of drug-likeness (QED) is 0.487. The molecule has 1 aliphatic heterocycles. The molecule has 1 aliphatic rings. The predicted octanol–water partition coefficient (Wildman–Crippen LogP) is 5.02. The molecule has 4 rings (SSSR count). The predicted molar refractivity (Wildman–Crippen MR) is 127 cm³/mol. The van der Waals surface area contributed by atoms with E-state index in [1.54, 1.807) is 26.0 Å². The number of carbonyl (C=O) groups excluding carboxylic acids is 1. The second kappa shape index (κ2) is 9.46. The number of benzene rings is 2. The van der Waals surface area contributed by atoms with Gasteiger partial charge in [0.05, 0.1) is 37.7 Å². The highest BCUT2D eigenvalue weighted by molar-refractivity contribution is 7.99. The molecule has 0 spiro atoms. The lowest BCUT2D eigenvalue weighted by atomic mass is 10.1. The lowest BCUT2D eigenvalue weighted by Gasteiger charge is -2.35. The van der Waals surface area contributed by atoms with E-state index in [-0.39, 0.29) is 18.1 Å². The zero-order valence-electron chi connectivity index (χ0n) is 19.1. The van der Waals surface area contributed by atoms with Crippen molar-refractivity contribution < 1.29 is 23.4 Å². The fraction of sp³-hybridized carbons (Fsp3) is 0.400. The van der Waals surface area contributed by atoms with Crippen LogP contribution in [0, 0.1) is 0 Å². The van der Waals surface area contributed by atoms with Crippen molar-refractivity contribution in [1.82, 2.24) is 4.90 Å². The number of ether oxygens (including phenoxy) is 3. The van der Waals surface area contributed by atoms with Crippen LogP contribution in [0.5, 0.6) is 11.5 Å². The van der Waals surface area contributed by atoms with E-state index in [1.807, 2.05) is 55.3 Å². The summed E-state index contributed by atoms with van der Waals surface area (Å²) < 4.78 is 22.8. The average Bonchev–Trinajstić information content (AvgIpc) is 3.15. The number of thioether (sulfide) groups is 1. The van der Waals surface area contributed by atoms with Crippen LogP contribution in [0.4, 0.5) is 0 Å². The second-order valence-electron chi connectivity index (χ2n) is 8.10. The first-order valence-corrected chi connectivity index (χ1v) is 11.9. The van der Waals surface area contributed by atoms with Gasteiger partial charge in [0.1, 0.15) is 11.3 Å². The summed E-state index contributed by atoms with van der Waals surface area (Å²) in [5.74, 6) is 2.23. The molecule has 2 aromatic carbocycles. The third-order valence-corrected chi connectivity index (χ3v) is 6.50. The zero-order valence-corrected chi connectivity index (χ0v) is 20.0. The van der Waals surface area contributed by atoms with Gasteiger partial charge in [-0.3, -0.25) is 4.79 Å². The Morgan fingerprint density at radius 2 is 1.78 bits per heavy atom. The van der Waals surface area contributed by atoms with Crippen LogP contribution in [0.25, 0.3) is 22.3 Å². The Kier molecular flexibility index (Phi) is 6.67. The fourth-order valence-corrected chi connectivity index (χ4v) is 4.99. The highest BCUT2D eigenvalue weighted by Crippen LogP contribution is 2.42. The molecule has 1 fully saturated rings.